The van der Waals surface area contributed by atoms with Crippen molar-refractivity contribution in [3.63, 3.8) is 0 Å². The Bertz CT molecular complexity index is 558. The SMILES string of the molecule is NCC1CCCCN1S(=O)(=O)c1cn2c(n1)CCCC2. The lowest BCUT2D eigenvalue weighted by molar-refractivity contribution is 0.257. The van der Waals surface area contributed by atoms with E-state index in [-0.39, 0.29) is 11.1 Å². The lowest BCUT2D eigenvalue weighted by atomic mass is 10.1. The summed E-state index contributed by atoms with van der Waals surface area (Å²) in [5, 5.41) is 0.203. The largest absolute Gasteiger partial charge is 0.333 e. The second-order valence-electron chi connectivity index (χ2n) is 5.65. The van der Waals surface area contributed by atoms with Crippen LogP contribution >= 0.6 is 0 Å². The van der Waals surface area contributed by atoms with Crippen LogP contribution in [0.25, 0.3) is 0 Å². The van der Waals surface area contributed by atoms with Gasteiger partial charge in [0, 0.05) is 38.3 Å². The standard InChI is InChI=1S/C13H22N4O2S/c14-9-11-5-1-4-8-17(11)20(18,19)13-10-16-7-3-2-6-12(16)15-13/h10-11H,1-9,14H2. The Kier molecular flexibility index (Phi) is 3.83. The molecule has 0 bridgehead atoms. The molecule has 1 fully saturated rings. The quantitative estimate of drug-likeness (QED) is 0.891. The molecule has 0 aliphatic carbocycles. The number of piperidine rings is 1. The van der Waals surface area contributed by atoms with Gasteiger partial charge in [-0.1, -0.05) is 6.42 Å². The zero-order valence-electron chi connectivity index (χ0n) is 11.7. The number of rotatable bonds is 3. The van der Waals surface area contributed by atoms with E-state index in [0.29, 0.717) is 13.1 Å². The molecule has 1 unspecified atom stereocenters. The Labute approximate surface area is 120 Å². The number of nitrogens with zero attached hydrogens (tertiary/aromatic N) is 3. The molecule has 20 heavy (non-hydrogen) atoms. The molecule has 3 rings (SSSR count). The van der Waals surface area contributed by atoms with Crippen LogP contribution in [0.2, 0.25) is 0 Å². The first-order valence-electron chi connectivity index (χ1n) is 7.41. The fraction of sp³-hybridized carbons (Fsp3) is 0.769. The Hall–Kier alpha value is -0.920. The lowest BCUT2D eigenvalue weighted by Gasteiger charge is -2.33. The zero-order valence-corrected chi connectivity index (χ0v) is 12.5. The summed E-state index contributed by atoms with van der Waals surface area (Å²) in [7, 11) is -3.50. The number of imidazole rings is 1. The number of aryl methyl sites for hydroxylation is 2. The number of aromatic nitrogens is 2. The van der Waals surface area contributed by atoms with E-state index >= 15 is 0 Å². The molecule has 0 amide bonds. The topological polar surface area (TPSA) is 81.2 Å². The van der Waals surface area contributed by atoms with Gasteiger partial charge in [-0.2, -0.15) is 4.31 Å². The van der Waals surface area contributed by atoms with Crippen LogP contribution in [0.5, 0.6) is 0 Å². The maximum atomic E-state index is 12.8. The van der Waals surface area contributed by atoms with Gasteiger partial charge in [0.05, 0.1) is 0 Å². The van der Waals surface area contributed by atoms with Gasteiger partial charge in [-0.3, -0.25) is 0 Å². The van der Waals surface area contributed by atoms with Crippen molar-refractivity contribution < 1.29 is 8.42 Å². The van der Waals surface area contributed by atoms with Gasteiger partial charge in [-0.15, -0.1) is 0 Å². The first-order valence-corrected chi connectivity index (χ1v) is 8.85. The van der Waals surface area contributed by atoms with Gasteiger partial charge in [0.25, 0.3) is 10.0 Å². The van der Waals surface area contributed by atoms with Crippen molar-refractivity contribution >= 4 is 10.0 Å². The van der Waals surface area contributed by atoms with Crippen molar-refractivity contribution in [1.29, 1.82) is 0 Å². The van der Waals surface area contributed by atoms with E-state index < -0.39 is 10.0 Å². The molecule has 2 N–H and O–H groups in total. The van der Waals surface area contributed by atoms with Crippen molar-refractivity contribution in [2.24, 2.45) is 5.73 Å². The summed E-state index contributed by atoms with van der Waals surface area (Å²) in [4.78, 5) is 4.36. The number of hydrogen-bond acceptors (Lipinski definition) is 4. The van der Waals surface area contributed by atoms with Crippen LogP contribution in [0.1, 0.15) is 37.9 Å². The van der Waals surface area contributed by atoms with E-state index in [2.05, 4.69) is 4.98 Å². The first kappa shape index (κ1) is 14.0. The molecule has 0 radical (unpaired) electrons. The van der Waals surface area contributed by atoms with Crippen molar-refractivity contribution in [2.75, 3.05) is 13.1 Å². The Balaban J connectivity index is 1.92. The molecule has 1 saturated heterocycles. The van der Waals surface area contributed by atoms with E-state index in [1.165, 1.54) is 0 Å². The second kappa shape index (κ2) is 5.46. The molecule has 1 aromatic heterocycles. The first-order chi connectivity index (χ1) is 9.63. The van der Waals surface area contributed by atoms with E-state index in [4.69, 9.17) is 5.73 Å². The molecule has 2 aliphatic rings. The van der Waals surface area contributed by atoms with Gasteiger partial charge < -0.3 is 10.3 Å². The predicted molar refractivity (Wildman–Crippen MR) is 75.8 cm³/mol. The smallest absolute Gasteiger partial charge is 0.262 e. The van der Waals surface area contributed by atoms with Crippen LogP contribution < -0.4 is 5.73 Å². The number of fused-ring (bicyclic) bond motifs is 1. The fourth-order valence-corrected chi connectivity index (χ4v) is 4.83. The fourth-order valence-electron chi connectivity index (χ4n) is 3.16. The van der Waals surface area contributed by atoms with Gasteiger partial charge in [0.15, 0.2) is 5.03 Å². The summed E-state index contributed by atoms with van der Waals surface area (Å²) < 4.78 is 29.1. The molecular formula is C13H22N4O2S. The third-order valence-corrected chi connectivity index (χ3v) is 6.13. The molecule has 0 aromatic carbocycles. The average Bonchev–Trinajstić information content (AvgIpc) is 2.92. The van der Waals surface area contributed by atoms with Crippen molar-refractivity contribution in [3.05, 3.63) is 12.0 Å². The Morgan fingerprint density at radius 2 is 2.05 bits per heavy atom. The summed E-state index contributed by atoms with van der Waals surface area (Å²) in [5.41, 5.74) is 5.73. The highest BCUT2D eigenvalue weighted by Crippen LogP contribution is 2.25. The van der Waals surface area contributed by atoms with E-state index in [9.17, 15) is 8.42 Å². The van der Waals surface area contributed by atoms with E-state index in [1.54, 1.807) is 10.5 Å². The summed E-state index contributed by atoms with van der Waals surface area (Å²) >= 11 is 0. The van der Waals surface area contributed by atoms with Gasteiger partial charge >= 0.3 is 0 Å². The minimum Gasteiger partial charge on any atom is -0.333 e. The second-order valence-corrected chi connectivity index (χ2v) is 7.48. The van der Waals surface area contributed by atoms with Gasteiger partial charge in [0.2, 0.25) is 0 Å². The summed E-state index contributed by atoms with van der Waals surface area (Å²) in [6, 6.07) is -0.0764. The summed E-state index contributed by atoms with van der Waals surface area (Å²) in [6.45, 7) is 1.82. The van der Waals surface area contributed by atoms with Crippen LogP contribution in [0, 0.1) is 0 Å². The lowest BCUT2D eigenvalue weighted by Crippen LogP contribution is -2.47. The zero-order chi connectivity index (χ0) is 14.2. The van der Waals surface area contributed by atoms with Crippen LogP contribution in [0.15, 0.2) is 11.2 Å². The summed E-state index contributed by atoms with van der Waals surface area (Å²) in [6.07, 6.45) is 7.56. The van der Waals surface area contributed by atoms with Crippen LogP contribution in [-0.4, -0.2) is 41.4 Å². The average molecular weight is 298 g/mol. The molecule has 6 nitrogen and oxygen atoms in total. The van der Waals surface area contributed by atoms with Gasteiger partial charge in [-0.25, -0.2) is 13.4 Å². The molecule has 112 valence electrons. The van der Waals surface area contributed by atoms with Crippen molar-refractivity contribution in [1.82, 2.24) is 13.9 Å². The molecular weight excluding hydrogens is 276 g/mol. The molecule has 2 aliphatic heterocycles. The minimum absolute atomic E-state index is 0.0764. The molecule has 0 saturated carbocycles. The van der Waals surface area contributed by atoms with Crippen LogP contribution in [0.3, 0.4) is 0 Å². The third kappa shape index (κ3) is 2.38. The monoisotopic (exact) mass is 298 g/mol. The normalized spacial score (nSPS) is 24.6. The maximum Gasteiger partial charge on any atom is 0.262 e. The Morgan fingerprint density at radius 3 is 2.80 bits per heavy atom. The van der Waals surface area contributed by atoms with E-state index in [0.717, 1.165) is 50.9 Å². The summed E-state index contributed by atoms with van der Waals surface area (Å²) in [5.74, 6) is 0.899. The van der Waals surface area contributed by atoms with Crippen LogP contribution in [0.4, 0.5) is 0 Å². The maximum absolute atomic E-state index is 12.8. The molecule has 0 spiro atoms. The molecule has 1 atom stereocenters. The molecule has 1 aromatic rings. The minimum atomic E-state index is -3.50. The van der Waals surface area contributed by atoms with E-state index in [1.807, 2.05) is 4.57 Å². The molecule has 3 heterocycles. The van der Waals surface area contributed by atoms with Crippen LogP contribution in [-0.2, 0) is 23.0 Å². The van der Waals surface area contributed by atoms with Gasteiger partial charge in [0.1, 0.15) is 5.82 Å². The van der Waals surface area contributed by atoms with Crippen molar-refractivity contribution in [3.8, 4) is 0 Å². The predicted octanol–water partition coefficient (Wildman–Crippen LogP) is 0.721. The van der Waals surface area contributed by atoms with Gasteiger partial charge in [-0.05, 0) is 25.7 Å². The number of nitrogens with two attached hydrogens (primary N) is 1. The van der Waals surface area contributed by atoms with Crippen molar-refractivity contribution in [2.45, 2.75) is 56.1 Å². The Morgan fingerprint density at radius 1 is 1.25 bits per heavy atom. The highest BCUT2D eigenvalue weighted by Gasteiger charge is 2.34. The highest BCUT2D eigenvalue weighted by molar-refractivity contribution is 7.89. The third-order valence-electron chi connectivity index (χ3n) is 4.30. The number of sulfonamides is 1. The molecule has 7 heteroatoms. The number of hydrogen-bond donors (Lipinski definition) is 1. The highest BCUT2D eigenvalue weighted by atomic mass is 32.2.